The molecule has 52 heavy (non-hydrogen) atoms. The van der Waals surface area contributed by atoms with Crippen LogP contribution < -0.4 is 0 Å². The molecule has 6 heteroatoms. The lowest BCUT2D eigenvalue weighted by Gasteiger charge is -2.08. The fourth-order valence-electron chi connectivity index (χ4n) is 7.30. The van der Waals surface area contributed by atoms with Crippen molar-refractivity contribution in [1.82, 2.24) is 19.9 Å². The molecular formula is C46H26N4S2. The van der Waals surface area contributed by atoms with Crippen molar-refractivity contribution in [2.75, 3.05) is 0 Å². The number of para-hydroxylation sites is 4. The lowest BCUT2D eigenvalue weighted by atomic mass is 9.96. The summed E-state index contributed by atoms with van der Waals surface area (Å²) in [6.45, 7) is 0. The molecule has 7 aromatic carbocycles. The van der Waals surface area contributed by atoms with E-state index in [1.165, 1.54) is 62.6 Å². The Kier molecular flexibility index (Phi) is 6.56. The van der Waals surface area contributed by atoms with Gasteiger partial charge < -0.3 is 0 Å². The molecule has 0 unspecified atom stereocenters. The van der Waals surface area contributed by atoms with Crippen LogP contribution in [0.3, 0.4) is 0 Å². The molecule has 0 saturated carbocycles. The van der Waals surface area contributed by atoms with Crippen LogP contribution in [0.2, 0.25) is 0 Å². The molecule has 0 aliphatic carbocycles. The number of nitrogens with zero attached hydrogens (tertiary/aromatic N) is 4. The van der Waals surface area contributed by atoms with E-state index in [-0.39, 0.29) is 0 Å². The first kappa shape index (κ1) is 29.4. The molecule has 0 spiro atoms. The largest absolute Gasteiger partial charge is 0.252 e. The van der Waals surface area contributed by atoms with Crippen LogP contribution in [0.5, 0.6) is 0 Å². The molecule has 0 aliphatic heterocycles. The predicted molar refractivity (Wildman–Crippen MR) is 220 cm³/mol. The van der Waals surface area contributed by atoms with Crippen molar-refractivity contribution >= 4 is 85.1 Å². The SMILES string of the molecule is c1cc(-c2ccc3sc4ccc(-c5cnc6ccccc6n5)cc4c3c2)cc(-c2ccc3sc4ccc(-c5cnc6ccccc6n5)cc4c3c2)c1. The third-order valence-corrected chi connectivity index (χ3v) is 12.3. The van der Waals surface area contributed by atoms with Crippen molar-refractivity contribution in [3.05, 3.63) is 158 Å². The van der Waals surface area contributed by atoms with Crippen LogP contribution in [-0.4, -0.2) is 19.9 Å². The van der Waals surface area contributed by atoms with Gasteiger partial charge in [0.25, 0.3) is 0 Å². The van der Waals surface area contributed by atoms with Gasteiger partial charge in [0, 0.05) is 51.5 Å². The summed E-state index contributed by atoms with van der Waals surface area (Å²) in [5.41, 5.74) is 12.4. The number of hydrogen-bond acceptors (Lipinski definition) is 6. The van der Waals surface area contributed by atoms with Crippen molar-refractivity contribution in [2.45, 2.75) is 0 Å². The number of hydrogen-bond donors (Lipinski definition) is 0. The number of fused-ring (bicyclic) bond motifs is 8. The van der Waals surface area contributed by atoms with Gasteiger partial charge in [-0.05, 0) is 101 Å². The molecule has 0 N–H and O–H groups in total. The second-order valence-electron chi connectivity index (χ2n) is 13.1. The Balaban J connectivity index is 0.968. The Morgan fingerprint density at radius 3 is 1.12 bits per heavy atom. The van der Waals surface area contributed by atoms with Crippen LogP contribution in [0.1, 0.15) is 0 Å². The van der Waals surface area contributed by atoms with Crippen molar-refractivity contribution in [3.63, 3.8) is 0 Å². The summed E-state index contributed by atoms with van der Waals surface area (Å²) in [5.74, 6) is 0. The molecule has 0 bridgehead atoms. The van der Waals surface area contributed by atoms with Crippen LogP contribution in [-0.2, 0) is 0 Å². The molecule has 0 atom stereocenters. The number of benzene rings is 7. The zero-order valence-corrected chi connectivity index (χ0v) is 29.2. The Morgan fingerprint density at radius 2 is 0.673 bits per heavy atom. The average molecular weight is 699 g/mol. The molecule has 11 rings (SSSR count). The van der Waals surface area contributed by atoms with Gasteiger partial charge in [-0.3, -0.25) is 9.97 Å². The number of aromatic nitrogens is 4. The molecule has 4 heterocycles. The molecule has 0 aliphatic rings. The summed E-state index contributed by atoms with van der Waals surface area (Å²) in [7, 11) is 0. The van der Waals surface area contributed by atoms with Gasteiger partial charge in [-0.15, -0.1) is 22.7 Å². The lowest BCUT2D eigenvalue weighted by molar-refractivity contribution is 1.30. The Hall–Kier alpha value is -6.34. The van der Waals surface area contributed by atoms with Gasteiger partial charge in [0.1, 0.15) is 0 Å². The second kappa shape index (κ2) is 11.6. The van der Waals surface area contributed by atoms with Gasteiger partial charge in [0.15, 0.2) is 0 Å². The van der Waals surface area contributed by atoms with Crippen molar-refractivity contribution < 1.29 is 0 Å². The number of rotatable bonds is 4. The Bertz CT molecular complexity index is 3000. The lowest BCUT2D eigenvalue weighted by Crippen LogP contribution is -1.88. The van der Waals surface area contributed by atoms with Gasteiger partial charge in [0.2, 0.25) is 0 Å². The highest BCUT2D eigenvalue weighted by molar-refractivity contribution is 7.26. The normalized spacial score (nSPS) is 11.8. The predicted octanol–water partition coefficient (Wildman–Crippen LogP) is 13.0. The van der Waals surface area contributed by atoms with Gasteiger partial charge in [-0.25, -0.2) is 9.97 Å². The van der Waals surface area contributed by atoms with E-state index in [0.29, 0.717) is 0 Å². The first-order valence-corrected chi connectivity index (χ1v) is 18.8. The van der Waals surface area contributed by atoms with E-state index in [1.54, 1.807) is 0 Å². The monoisotopic (exact) mass is 698 g/mol. The van der Waals surface area contributed by atoms with Crippen molar-refractivity contribution in [2.24, 2.45) is 0 Å². The van der Waals surface area contributed by atoms with Crippen LogP contribution in [0.15, 0.2) is 158 Å². The molecule has 0 radical (unpaired) electrons. The molecule has 4 nitrogen and oxygen atoms in total. The van der Waals surface area contributed by atoms with E-state index in [9.17, 15) is 0 Å². The van der Waals surface area contributed by atoms with Crippen LogP contribution in [0.25, 0.3) is 107 Å². The fraction of sp³-hybridized carbons (Fsp3) is 0. The molecule has 0 fully saturated rings. The minimum absolute atomic E-state index is 0.887. The Morgan fingerprint density at radius 1 is 0.308 bits per heavy atom. The number of thiophene rings is 2. The van der Waals surface area contributed by atoms with Gasteiger partial charge in [0.05, 0.1) is 45.8 Å². The summed E-state index contributed by atoms with van der Waals surface area (Å²) in [5, 5.41) is 5.01. The highest BCUT2D eigenvalue weighted by Crippen LogP contribution is 2.41. The zero-order valence-electron chi connectivity index (χ0n) is 27.6. The highest BCUT2D eigenvalue weighted by Gasteiger charge is 2.13. The maximum atomic E-state index is 4.92. The average Bonchev–Trinajstić information content (AvgIpc) is 3.77. The topological polar surface area (TPSA) is 51.6 Å². The quantitative estimate of drug-likeness (QED) is 0.184. The standard InChI is InChI=1S/C46H26N4S2/c1-3-10-39-37(8-1)47-25-41(49-39)31-14-18-45-35(23-31)33-21-29(12-16-43(33)51-45)27-6-5-7-28(20-27)30-13-17-44-34(22-30)36-24-32(15-19-46(36)52-44)42-26-48-38-9-2-4-11-40(38)50-42/h1-26H. The third-order valence-electron chi connectivity index (χ3n) is 9.96. The molecule has 4 aromatic heterocycles. The molecular weight excluding hydrogens is 673 g/mol. The maximum Gasteiger partial charge on any atom is 0.0894 e. The van der Waals surface area contributed by atoms with E-state index < -0.39 is 0 Å². The summed E-state index contributed by atoms with van der Waals surface area (Å²) >= 11 is 3.66. The molecule has 0 amide bonds. The third kappa shape index (κ3) is 4.88. The Labute approximate surface area is 306 Å². The maximum absolute atomic E-state index is 4.92. The minimum atomic E-state index is 0.887. The van der Waals surface area contributed by atoms with Crippen LogP contribution in [0, 0.1) is 0 Å². The molecule has 0 saturated heterocycles. The van der Waals surface area contributed by atoms with Gasteiger partial charge >= 0.3 is 0 Å². The van der Waals surface area contributed by atoms with E-state index in [1.807, 2.05) is 83.6 Å². The van der Waals surface area contributed by atoms with Crippen molar-refractivity contribution in [3.8, 4) is 44.8 Å². The first-order chi connectivity index (χ1) is 25.7. The minimum Gasteiger partial charge on any atom is -0.252 e. The molecule has 242 valence electrons. The van der Waals surface area contributed by atoms with E-state index >= 15 is 0 Å². The van der Waals surface area contributed by atoms with E-state index in [4.69, 9.17) is 9.97 Å². The first-order valence-electron chi connectivity index (χ1n) is 17.2. The zero-order chi connectivity index (χ0) is 34.2. The molecule has 11 aromatic rings. The van der Waals surface area contributed by atoms with Crippen LogP contribution >= 0.6 is 22.7 Å². The van der Waals surface area contributed by atoms with Crippen molar-refractivity contribution in [1.29, 1.82) is 0 Å². The highest BCUT2D eigenvalue weighted by atomic mass is 32.1. The van der Waals surface area contributed by atoms with Gasteiger partial charge in [-0.1, -0.05) is 66.7 Å². The van der Waals surface area contributed by atoms with Crippen LogP contribution in [0.4, 0.5) is 0 Å². The summed E-state index contributed by atoms with van der Waals surface area (Å²) in [6, 6.07) is 52.0. The van der Waals surface area contributed by atoms with Gasteiger partial charge in [-0.2, -0.15) is 0 Å². The summed E-state index contributed by atoms with van der Waals surface area (Å²) in [6.07, 6.45) is 3.76. The smallest absolute Gasteiger partial charge is 0.0894 e. The fourth-order valence-corrected chi connectivity index (χ4v) is 9.44. The van der Waals surface area contributed by atoms with E-state index in [2.05, 4.69) is 107 Å². The van der Waals surface area contributed by atoms with E-state index in [0.717, 1.165) is 44.6 Å². The second-order valence-corrected chi connectivity index (χ2v) is 15.3. The summed E-state index contributed by atoms with van der Waals surface area (Å²) in [4.78, 5) is 19.2. The summed E-state index contributed by atoms with van der Waals surface area (Å²) < 4.78 is 5.09.